The van der Waals surface area contributed by atoms with E-state index in [1.807, 2.05) is 31.2 Å². The standard InChI is InChI=1S/C20H16F3N3O3/c1-11(12-5-7-15(28-2)8-6-12)26-10-14-4-3-13(9-16(14)18(26)27)17-24-19(29-25-17)20(21,22)23/h3-9,11H,10H2,1-2H3/t11-/m0/s1. The van der Waals surface area contributed by atoms with E-state index in [9.17, 15) is 18.0 Å². The van der Waals surface area contributed by atoms with Gasteiger partial charge in [-0.1, -0.05) is 29.4 Å². The molecule has 0 N–H and O–H groups in total. The molecule has 0 aliphatic carbocycles. The van der Waals surface area contributed by atoms with Crippen LogP contribution in [-0.2, 0) is 12.7 Å². The van der Waals surface area contributed by atoms with Gasteiger partial charge in [-0.25, -0.2) is 0 Å². The molecular formula is C20H16F3N3O3. The summed E-state index contributed by atoms with van der Waals surface area (Å²) in [4.78, 5) is 18.0. The number of methoxy groups -OCH3 is 1. The summed E-state index contributed by atoms with van der Waals surface area (Å²) in [5, 5.41) is 3.38. The Bertz CT molecular complexity index is 1060. The normalized spacial score (nSPS) is 14.8. The number of halogens is 3. The van der Waals surface area contributed by atoms with Crippen molar-refractivity contribution in [3.63, 3.8) is 0 Å². The minimum atomic E-state index is -4.72. The Morgan fingerprint density at radius 1 is 1.17 bits per heavy atom. The highest BCUT2D eigenvalue weighted by atomic mass is 19.4. The van der Waals surface area contributed by atoms with Crippen LogP contribution in [0, 0.1) is 0 Å². The van der Waals surface area contributed by atoms with E-state index in [-0.39, 0.29) is 23.3 Å². The molecule has 4 rings (SSSR count). The zero-order valence-electron chi connectivity index (χ0n) is 15.5. The van der Waals surface area contributed by atoms with Gasteiger partial charge in [0.2, 0.25) is 5.82 Å². The number of ether oxygens (including phenoxy) is 1. The lowest BCUT2D eigenvalue weighted by atomic mass is 10.1. The molecule has 2 aromatic carbocycles. The monoisotopic (exact) mass is 403 g/mol. The predicted octanol–water partition coefficient (Wildman–Crippen LogP) is 4.48. The summed E-state index contributed by atoms with van der Waals surface area (Å²) < 4.78 is 47.5. The first-order valence-electron chi connectivity index (χ1n) is 8.77. The molecule has 3 aromatic rings. The lowest BCUT2D eigenvalue weighted by Gasteiger charge is -2.24. The van der Waals surface area contributed by atoms with Gasteiger partial charge < -0.3 is 14.2 Å². The molecule has 0 unspecified atom stereocenters. The third kappa shape index (κ3) is 3.43. The summed E-state index contributed by atoms with van der Waals surface area (Å²) in [5.41, 5.74) is 2.44. The van der Waals surface area contributed by atoms with Gasteiger partial charge in [0.1, 0.15) is 5.75 Å². The van der Waals surface area contributed by atoms with E-state index in [1.54, 1.807) is 24.1 Å². The molecule has 9 heteroatoms. The van der Waals surface area contributed by atoms with E-state index in [0.717, 1.165) is 16.9 Å². The van der Waals surface area contributed by atoms with E-state index >= 15 is 0 Å². The van der Waals surface area contributed by atoms with Crippen molar-refractivity contribution in [2.75, 3.05) is 7.11 Å². The second kappa shape index (κ2) is 6.91. The van der Waals surface area contributed by atoms with Gasteiger partial charge in [0.15, 0.2) is 0 Å². The van der Waals surface area contributed by atoms with Crippen LogP contribution in [0.1, 0.15) is 40.3 Å². The Kier molecular flexibility index (Phi) is 4.52. The van der Waals surface area contributed by atoms with Crippen LogP contribution in [0.25, 0.3) is 11.4 Å². The highest BCUT2D eigenvalue weighted by Crippen LogP contribution is 2.34. The smallest absolute Gasteiger partial charge is 0.471 e. The van der Waals surface area contributed by atoms with Crippen LogP contribution in [0.4, 0.5) is 13.2 Å². The van der Waals surface area contributed by atoms with E-state index in [2.05, 4.69) is 14.7 Å². The fourth-order valence-electron chi connectivity index (χ4n) is 3.29. The number of carbonyl (C=O) groups is 1. The average Bonchev–Trinajstić information content (AvgIpc) is 3.33. The summed E-state index contributed by atoms with van der Waals surface area (Å²) in [6.45, 7) is 2.32. The van der Waals surface area contributed by atoms with Crippen molar-refractivity contribution < 1.29 is 27.2 Å². The zero-order valence-corrected chi connectivity index (χ0v) is 15.5. The maximum Gasteiger partial charge on any atom is 0.471 e. The van der Waals surface area contributed by atoms with Crippen LogP contribution >= 0.6 is 0 Å². The highest BCUT2D eigenvalue weighted by molar-refractivity contribution is 5.99. The Labute approximate surface area is 163 Å². The van der Waals surface area contributed by atoms with Crippen LogP contribution in [-0.4, -0.2) is 28.1 Å². The number of benzene rings is 2. The van der Waals surface area contributed by atoms with Gasteiger partial charge in [-0.2, -0.15) is 18.2 Å². The minimum Gasteiger partial charge on any atom is -0.497 e. The second-order valence-corrected chi connectivity index (χ2v) is 6.68. The molecule has 0 bridgehead atoms. The fourth-order valence-corrected chi connectivity index (χ4v) is 3.29. The van der Waals surface area contributed by atoms with Gasteiger partial charge >= 0.3 is 12.1 Å². The first-order valence-corrected chi connectivity index (χ1v) is 8.77. The lowest BCUT2D eigenvalue weighted by molar-refractivity contribution is -0.159. The molecule has 1 amide bonds. The number of amides is 1. The predicted molar refractivity (Wildman–Crippen MR) is 96.0 cm³/mol. The summed E-state index contributed by atoms with van der Waals surface area (Å²) >= 11 is 0. The van der Waals surface area contributed by atoms with Gasteiger partial charge in [0.05, 0.1) is 13.2 Å². The van der Waals surface area contributed by atoms with Crippen molar-refractivity contribution in [3.05, 3.63) is 65.0 Å². The first-order chi connectivity index (χ1) is 13.8. The summed E-state index contributed by atoms with van der Waals surface area (Å²) in [5.74, 6) is -1.12. The number of alkyl halides is 3. The molecule has 29 heavy (non-hydrogen) atoms. The van der Waals surface area contributed by atoms with E-state index in [1.165, 1.54) is 6.07 Å². The molecule has 0 radical (unpaired) electrons. The van der Waals surface area contributed by atoms with Crippen LogP contribution in [0.2, 0.25) is 0 Å². The number of carbonyl (C=O) groups excluding carboxylic acids is 1. The minimum absolute atomic E-state index is 0.189. The van der Waals surface area contributed by atoms with Gasteiger partial charge in [-0.3, -0.25) is 4.79 Å². The molecule has 6 nitrogen and oxygen atoms in total. The topological polar surface area (TPSA) is 68.5 Å². The molecule has 0 saturated carbocycles. The third-order valence-electron chi connectivity index (χ3n) is 4.93. The molecular weight excluding hydrogens is 387 g/mol. The molecule has 0 spiro atoms. The maximum absolute atomic E-state index is 12.9. The first kappa shape index (κ1) is 19.0. The molecule has 2 heterocycles. The number of fused-ring (bicyclic) bond motifs is 1. The maximum atomic E-state index is 12.9. The summed E-state index contributed by atoms with van der Waals surface area (Å²) in [7, 11) is 1.58. The number of hydrogen-bond acceptors (Lipinski definition) is 5. The van der Waals surface area contributed by atoms with Crippen molar-refractivity contribution in [2.45, 2.75) is 25.7 Å². The third-order valence-corrected chi connectivity index (χ3v) is 4.93. The molecule has 150 valence electrons. The quantitative estimate of drug-likeness (QED) is 0.643. The Hall–Kier alpha value is -3.36. The number of rotatable bonds is 4. The Balaban J connectivity index is 1.59. The van der Waals surface area contributed by atoms with E-state index in [4.69, 9.17) is 4.74 Å². The van der Waals surface area contributed by atoms with Crippen LogP contribution < -0.4 is 4.74 Å². The molecule has 1 aliphatic heterocycles. The number of nitrogens with zero attached hydrogens (tertiary/aromatic N) is 3. The lowest BCUT2D eigenvalue weighted by Crippen LogP contribution is -2.27. The van der Waals surface area contributed by atoms with Crippen molar-refractivity contribution in [3.8, 4) is 17.1 Å². The van der Waals surface area contributed by atoms with Crippen LogP contribution in [0.3, 0.4) is 0 Å². The van der Waals surface area contributed by atoms with Crippen molar-refractivity contribution >= 4 is 5.91 Å². The Morgan fingerprint density at radius 2 is 1.90 bits per heavy atom. The SMILES string of the molecule is COc1ccc([C@H](C)N2Cc3ccc(-c4noc(C(F)(F)F)n4)cc3C2=O)cc1. The van der Waals surface area contributed by atoms with Crippen molar-refractivity contribution in [1.82, 2.24) is 15.0 Å². The van der Waals surface area contributed by atoms with Gasteiger partial charge in [-0.15, -0.1) is 0 Å². The van der Waals surface area contributed by atoms with Crippen molar-refractivity contribution in [1.29, 1.82) is 0 Å². The number of aromatic nitrogens is 2. The highest BCUT2D eigenvalue weighted by Gasteiger charge is 2.39. The van der Waals surface area contributed by atoms with Crippen molar-refractivity contribution in [2.24, 2.45) is 0 Å². The average molecular weight is 403 g/mol. The zero-order chi connectivity index (χ0) is 20.8. The van der Waals surface area contributed by atoms with E-state index in [0.29, 0.717) is 12.1 Å². The molecule has 0 fully saturated rings. The van der Waals surface area contributed by atoms with Gasteiger partial charge in [0, 0.05) is 17.7 Å². The largest absolute Gasteiger partial charge is 0.497 e. The van der Waals surface area contributed by atoms with Gasteiger partial charge in [-0.05, 0) is 36.2 Å². The Morgan fingerprint density at radius 3 is 2.52 bits per heavy atom. The molecule has 1 aliphatic rings. The fraction of sp³-hybridized carbons (Fsp3) is 0.250. The number of hydrogen-bond donors (Lipinski definition) is 0. The van der Waals surface area contributed by atoms with Crippen LogP contribution in [0.5, 0.6) is 5.75 Å². The molecule has 1 atom stereocenters. The summed E-state index contributed by atoms with van der Waals surface area (Å²) in [6.07, 6.45) is -4.72. The summed E-state index contributed by atoms with van der Waals surface area (Å²) in [6, 6.07) is 12.0. The second-order valence-electron chi connectivity index (χ2n) is 6.68. The van der Waals surface area contributed by atoms with E-state index < -0.39 is 12.1 Å². The van der Waals surface area contributed by atoms with Gasteiger partial charge in [0.25, 0.3) is 5.91 Å². The molecule has 1 aromatic heterocycles. The molecule has 0 saturated heterocycles. The van der Waals surface area contributed by atoms with Crippen LogP contribution in [0.15, 0.2) is 47.0 Å².